The molecule has 0 aromatic carbocycles. The molecular formula is C17H20N4O3S. The molecule has 2 saturated heterocycles. The highest BCUT2D eigenvalue weighted by Crippen LogP contribution is 2.30. The quantitative estimate of drug-likeness (QED) is 0.834. The van der Waals surface area contributed by atoms with Gasteiger partial charge in [0, 0.05) is 31.4 Å². The zero-order valence-electron chi connectivity index (χ0n) is 14.1. The van der Waals surface area contributed by atoms with Crippen LogP contribution in [0.2, 0.25) is 0 Å². The molecule has 2 fully saturated rings. The minimum atomic E-state index is -0.0933. The second kappa shape index (κ2) is 7.15. The van der Waals surface area contributed by atoms with Gasteiger partial charge in [-0.3, -0.25) is 4.79 Å². The largest absolute Gasteiger partial charge is 0.350 e. The van der Waals surface area contributed by atoms with Crippen LogP contribution in [0, 0.1) is 12.8 Å². The van der Waals surface area contributed by atoms with Gasteiger partial charge in [0.2, 0.25) is 0 Å². The number of hydrogen-bond donors (Lipinski definition) is 0. The molecule has 4 heterocycles. The van der Waals surface area contributed by atoms with E-state index in [0.29, 0.717) is 34.8 Å². The first-order valence-corrected chi connectivity index (χ1v) is 9.31. The van der Waals surface area contributed by atoms with E-state index >= 15 is 0 Å². The number of nitrogens with zero attached hydrogens (tertiary/aromatic N) is 4. The lowest BCUT2D eigenvalue weighted by atomic mass is 9.96. The summed E-state index contributed by atoms with van der Waals surface area (Å²) in [4.78, 5) is 28.4. The standard InChI is InChI=1S/C17H20N4O3S/c1-11-13(25-15(20-11)14-18-5-2-6-19-14)16(22)21-7-3-12(4-8-21)17-23-9-10-24-17/h2,5-6,12,17H,3-4,7-10H2,1H3. The van der Waals surface area contributed by atoms with Crippen LogP contribution in [0.3, 0.4) is 0 Å². The van der Waals surface area contributed by atoms with Crippen LogP contribution in [0.5, 0.6) is 0 Å². The van der Waals surface area contributed by atoms with Crippen molar-refractivity contribution in [1.29, 1.82) is 0 Å². The molecular weight excluding hydrogens is 340 g/mol. The van der Waals surface area contributed by atoms with Gasteiger partial charge >= 0.3 is 0 Å². The second-order valence-electron chi connectivity index (χ2n) is 6.25. The van der Waals surface area contributed by atoms with Gasteiger partial charge in [-0.1, -0.05) is 0 Å². The van der Waals surface area contributed by atoms with Crippen LogP contribution >= 0.6 is 11.3 Å². The summed E-state index contributed by atoms with van der Waals surface area (Å²) in [5, 5.41) is 0.684. The van der Waals surface area contributed by atoms with E-state index in [2.05, 4.69) is 15.0 Å². The van der Waals surface area contributed by atoms with Crippen molar-refractivity contribution in [3.05, 3.63) is 29.0 Å². The van der Waals surface area contributed by atoms with Gasteiger partial charge in [0.25, 0.3) is 5.91 Å². The van der Waals surface area contributed by atoms with Crippen LogP contribution in [-0.2, 0) is 9.47 Å². The summed E-state index contributed by atoms with van der Waals surface area (Å²) in [6.07, 6.45) is 5.08. The minimum Gasteiger partial charge on any atom is -0.350 e. The average molecular weight is 360 g/mol. The first-order valence-electron chi connectivity index (χ1n) is 8.49. The second-order valence-corrected chi connectivity index (χ2v) is 7.24. The van der Waals surface area contributed by atoms with E-state index in [1.54, 1.807) is 18.5 Å². The minimum absolute atomic E-state index is 0.0453. The summed E-state index contributed by atoms with van der Waals surface area (Å²) in [7, 11) is 0. The molecule has 0 N–H and O–H groups in total. The molecule has 7 nitrogen and oxygen atoms in total. The summed E-state index contributed by atoms with van der Waals surface area (Å²) < 4.78 is 11.2. The predicted octanol–water partition coefficient (Wildman–Crippen LogP) is 2.13. The highest BCUT2D eigenvalue weighted by atomic mass is 32.1. The maximum Gasteiger partial charge on any atom is 0.265 e. The van der Waals surface area contributed by atoms with E-state index < -0.39 is 0 Å². The number of carbonyl (C=O) groups excluding carboxylic acids is 1. The van der Waals surface area contributed by atoms with Crippen molar-refractivity contribution < 1.29 is 14.3 Å². The van der Waals surface area contributed by atoms with Gasteiger partial charge in [-0.25, -0.2) is 15.0 Å². The Morgan fingerprint density at radius 1 is 1.20 bits per heavy atom. The van der Waals surface area contributed by atoms with Gasteiger partial charge < -0.3 is 14.4 Å². The highest BCUT2D eigenvalue weighted by molar-refractivity contribution is 7.17. The predicted molar refractivity (Wildman–Crippen MR) is 92.2 cm³/mol. The molecule has 2 aliphatic heterocycles. The normalized spacial score (nSPS) is 19.5. The Morgan fingerprint density at radius 2 is 1.88 bits per heavy atom. The van der Waals surface area contributed by atoms with Crippen molar-refractivity contribution >= 4 is 17.2 Å². The van der Waals surface area contributed by atoms with E-state index in [1.807, 2.05) is 11.8 Å². The van der Waals surface area contributed by atoms with Crippen LogP contribution in [-0.4, -0.2) is 58.4 Å². The number of thiazole rings is 1. The van der Waals surface area contributed by atoms with Crippen LogP contribution in [0.25, 0.3) is 10.8 Å². The number of aryl methyl sites for hydroxylation is 1. The third-order valence-electron chi connectivity index (χ3n) is 4.61. The molecule has 2 aromatic rings. The summed E-state index contributed by atoms with van der Waals surface area (Å²) >= 11 is 1.36. The molecule has 0 radical (unpaired) electrons. The number of likely N-dealkylation sites (tertiary alicyclic amines) is 1. The van der Waals surface area contributed by atoms with Crippen LogP contribution in [0.4, 0.5) is 0 Å². The number of ether oxygens (including phenoxy) is 2. The van der Waals surface area contributed by atoms with Gasteiger partial charge in [0.1, 0.15) is 4.88 Å². The average Bonchev–Trinajstić information content (AvgIpc) is 3.32. The lowest BCUT2D eigenvalue weighted by molar-refractivity contribution is -0.0956. The van der Waals surface area contributed by atoms with E-state index in [1.165, 1.54) is 11.3 Å². The highest BCUT2D eigenvalue weighted by Gasteiger charge is 2.33. The smallest absolute Gasteiger partial charge is 0.265 e. The molecule has 0 unspecified atom stereocenters. The fourth-order valence-electron chi connectivity index (χ4n) is 3.27. The van der Waals surface area contributed by atoms with Crippen molar-refractivity contribution in [2.24, 2.45) is 5.92 Å². The van der Waals surface area contributed by atoms with Gasteiger partial charge in [-0.05, 0) is 25.8 Å². The monoisotopic (exact) mass is 360 g/mol. The molecule has 2 aliphatic rings. The van der Waals surface area contributed by atoms with E-state index in [0.717, 1.165) is 31.6 Å². The fourth-order valence-corrected chi connectivity index (χ4v) is 4.25. The molecule has 25 heavy (non-hydrogen) atoms. The third-order valence-corrected chi connectivity index (χ3v) is 5.75. The number of hydrogen-bond acceptors (Lipinski definition) is 7. The molecule has 8 heteroatoms. The zero-order valence-corrected chi connectivity index (χ0v) is 14.9. The summed E-state index contributed by atoms with van der Waals surface area (Å²) in [5.74, 6) is 0.982. The number of amides is 1. The van der Waals surface area contributed by atoms with Crippen molar-refractivity contribution in [3.8, 4) is 10.8 Å². The Bertz CT molecular complexity index is 738. The Hall–Kier alpha value is -1.90. The summed E-state index contributed by atoms with van der Waals surface area (Å²) in [5.41, 5.74) is 0.738. The molecule has 0 saturated carbocycles. The van der Waals surface area contributed by atoms with Crippen LogP contribution in [0.15, 0.2) is 18.5 Å². The number of aromatic nitrogens is 3. The SMILES string of the molecule is Cc1nc(-c2ncccn2)sc1C(=O)N1CCC(C2OCCO2)CC1. The summed E-state index contributed by atoms with van der Waals surface area (Å²) in [6.45, 7) is 4.66. The maximum atomic E-state index is 12.9. The Kier molecular flexibility index (Phi) is 4.74. The molecule has 0 spiro atoms. The van der Waals surface area contributed by atoms with Crippen LogP contribution in [0.1, 0.15) is 28.2 Å². The Labute approximate surface area is 150 Å². The fraction of sp³-hybridized carbons (Fsp3) is 0.529. The topological polar surface area (TPSA) is 77.4 Å². The first-order chi connectivity index (χ1) is 12.2. The van der Waals surface area contributed by atoms with E-state index in [-0.39, 0.29) is 12.2 Å². The molecule has 2 aromatic heterocycles. The number of carbonyl (C=O) groups is 1. The van der Waals surface area contributed by atoms with Crippen molar-refractivity contribution in [2.45, 2.75) is 26.1 Å². The molecule has 4 rings (SSSR count). The van der Waals surface area contributed by atoms with E-state index in [4.69, 9.17) is 9.47 Å². The van der Waals surface area contributed by atoms with Crippen molar-refractivity contribution in [3.63, 3.8) is 0 Å². The zero-order chi connectivity index (χ0) is 17.2. The van der Waals surface area contributed by atoms with Crippen molar-refractivity contribution in [1.82, 2.24) is 19.9 Å². The molecule has 0 aliphatic carbocycles. The summed E-state index contributed by atoms with van der Waals surface area (Å²) in [6, 6.07) is 1.76. The first kappa shape index (κ1) is 16.6. The Balaban J connectivity index is 1.44. The lowest BCUT2D eigenvalue weighted by Gasteiger charge is -2.33. The Morgan fingerprint density at radius 3 is 2.56 bits per heavy atom. The maximum absolute atomic E-state index is 12.9. The number of piperidine rings is 1. The van der Waals surface area contributed by atoms with Crippen molar-refractivity contribution in [2.75, 3.05) is 26.3 Å². The number of rotatable bonds is 3. The molecule has 0 bridgehead atoms. The van der Waals surface area contributed by atoms with Gasteiger partial charge in [0.15, 0.2) is 17.1 Å². The van der Waals surface area contributed by atoms with Gasteiger partial charge in [0.05, 0.1) is 18.9 Å². The lowest BCUT2D eigenvalue weighted by Crippen LogP contribution is -2.41. The van der Waals surface area contributed by atoms with E-state index in [9.17, 15) is 4.79 Å². The molecule has 1 amide bonds. The molecule has 132 valence electrons. The van der Waals surface area contributed by atoms with Gasteiger partial charge in [-0.2, -0.15) is 0 Å². The van der Waals surface area contributed by atoms with Gasteiger partial charge in [-0.15, -0.1) is 11.3 Å². The third kappa shape index (κ3) is 3.42. The molecule has 0 atom stereocenters. The van der Waals surface area contributed by atoms with Crippen LogP contribution < -0.4 is 0 Å².